The maximum atomic E-state index is 4.34. The Morgan fingerprint density at radius 2 is 2.12 bits per heavy atom. The van der Waals surface area contributed by atoms with Gasteiger partial charge in [0.25, 0.3) is 0 Å². The average molecular weight is 235 g/mol. The van der Waals surface area contributed by atoms with Crippen molar-refractivity contribution in [2.45, 2.75) is 13.8 Å². The van der Waals surface area contributed by atoms with Gasteiger partial charge in [-0.2, -0.15) is 0 Å². The molecule has 1 saturated heterocycles. The van der Waals surface area contributed by atoms with Crippen LogP contribution in [0.3, 0.4) is 0 Å². The van der Waals surface area contributed by atoms with Crippen LogP contribution in [-0.2, 0) is 0 Å². The first-order valence-electron chi connectivity index (χ1n) is 6.27. The first kappa shape index (κ1) is 12.1. The molecule has 1 fully saturated rings. The van der Waals surface area contributed by atoms with Crippen LogP contribution in [0, 0.1) is 5.92 Å². The number of hydrogen-bond donors (Lipinski definition) is 2. The summed E-state index contributed by atoms with van der Waals surface area (Å²) in [6, 6.07) is 2.04. The lowest BCUT2D eigenvalue weighted by molar-refractivity contribution is 0.584. The maximum absolute atomic E-state index is 4.34. The van der Waals surface area contributed by atoms with Gasteiger partial charge in [0, 0.05) is 38.8 Å². The zero-order valence-electron chi connectivity index (χ0n) is 10.6. The molecule has 2 rings (SSSR count). The second kappa shape index (κ2) is 5.82. The number of anilines is 2. The van der Waals surface area contributed by atoms with Crippen LogP contribution >= 0.6 is 0 Å². The van der Waals surface area contributed by atoms with Crippen LogP contribution in [0.1, 0.15) is 13.8 Å². The number of nitrogens with one attached hydrogen (secondary N) is 2. The van der Waals surface area contributed by atoms with E-state index in [0.29, 0.717) is 5.92 Å². The highest BCUT2D eigenvalue weighted by molar-refractivity contribution is 5.48. The third kappa shape index (κ3) is 3.56. The fourth-order valence-corrected chi connectivity index (χ4v) is 1.82. The molecule has 0 radical (unpaired) electrons. The van der Waals surface area contributed by atoms with Gasteiger partial charge in [-0.15, -0.1) is 0 Å². The molecule has 1 aromatic rings. The van der Waals surface area contributed by atoms with E-state index in [1.165, 1.54) is 0 Å². The SMILES string of the molecule is CC(C)CNc1cc(N2CCNCC2)ncn1. The van der Waals surface area contributed by atoms with Crippen LogP contribution < -0.4 is 15.5 Å². The first-order chi connectivity index (χ1) is 8.25. The van der Waals surface area contributed by atoms with Crippen molar-refractivity contribution in [1.82, 2.24) is 15.3 Å². The highest BCUT2D eigenvalue weighted by atomic mass is 15.2. The van der Waals surface area contributed by atoms with E-state index >= 15 is 0 Å². The summed E-state index contributed by atoms with van der Waals surface area (Å²) >= 11 is 0. The van der Waals surface area contributed by atoms with Gasteiger partial charge in [-0.05, 0) is 5.92 Å². The van der Waals surface area contributed by atoms with Gasteiger partial charge >= 0.3 is 0 Å². The van der Waals surface area contributed by atoms with E-state index in [1.807, 2.05) is 6.07 Å². The summed E-state index contributed by atoms with van der Waals surface area (Å²) in [5.41, 5.74) is 0. The fourth-order valence-electron chi connectivity index (χ4n) is 1.82. The number of hydrogen-bond acceptors (Lipinski definition) is 5. The van der Waals surface area contributed by atoms with Gasteiger partial charge in [0.1, 0.15) is 18.0 Å². The summed E-state index contributed by atoms with van der Waals surface area (Å²) in [5.74, 6) is 2.56. The van der Waals surface area contributed by atoms with Crippen LogP contribution in [0.15, 0.2) is 12.4 Å². The Hall–Kier alpha value is -1.36. The maximum Gasteiger partial charge on any atom is 0.134 e. The summed E-state index contributed by atoms with van der Waals surface area (Å²) in [5, 5.41) is 6.67. The topological polar surface area (TPSA) is 53.1 Å². The lowest BCUT2D eigenvalue weighted by Crippen LogP contribution is -2.43. The minimum absolute atomic E-state index is 0.618. The first-order valence-corrected chi connectivity index (χ1v) is 6.27. The summed E-state index contributed by atoms with van der Waals surface area (Å²) < 4.78 is 0. The standard InChI is InChI=1S/C12H21N5/c1-10(2)8-14-11-7-12(16-9-15-11)17-5-3-13-4-6-17/h7,9-10,13H,3-6,8H2,1-2H3,(H,14,15,16). The van der Waals surface area contributed by atoms with E-state index in [9.17, 15) is 0 Å². The minimum atomic E-state index is 0.618. The zero-order valence-corrected chi connectivity index (χ0v) is 10.6. The highest BCUT2D eigenvalue weighted by Gasteiger charge is 2.12. The molecule has 0 bridgehead atoms. The van der Waals surface area contributed by atoms with Gasteiger partial charge in [-0.1, -0.05) is 13.8 Å². The van der Waals surface area contributed by atoms with Gasteiger partial charge in [0.15, 0.2) is 0 Å². The van der Waals surface area contributed by atoms with Crippen molar-refractivity contribution in [1.29, 1.82) is 0 Å². The Bertz CT molecular complexity index is 347. The van der Waals surface area contributed by atoms with Crippen LogP contribution in [0.25, 0.3) is 0 Å². The van der Waals surface area contributed by atoms with Crippen molar-refractivity contribution in [3.8, 4) is 0 Å². The van der Waals surface area contributed by atoms with Gasteiger partial charge in [-0.25, -0.2) is 9.97 Å². The largest absolute Gasteiger partial charge is 0.370 e. The van der Waals surface area contributed by atoms with Crippen LogP contribution in [0.4, 0.5) is 11.6 Å². The quantitative estimate of drug-likeness (QED) is 0.814. The Kier molecular flexibility index (Phi) is 4.14. The molecule has 17 heavy (non-hydrogen) atoms. The summed E-state index contributed by atoms with van der Waals surface area (Å²) in [7, 11) is 0. The molecule has 0 saturated carbocycles. The average Bonchev–Trinajstić information content (AvgIpc) is 2.38. The predicted molar refractivity (Wildman–Crippen MR) is 70.4 cm³/mol. The van der Waals surface area contributed by atoms with Crippen molar-refractivity contribution in [3.05, 3.63) is 12.4 Å². The molecular formula is C12H21N5. The monoisotopic (exact) mass is 235 g/mol. The fraction of sp³-hybridized carbons (Fsp3) is 0.667. The van der Waals surface area contributed by atoms with Crippen molar-refractivity contribution in [3.63, 3.8) is 0 Å². The molecule has 2 N–H and O–H groups in total. The second-order valence-electron chi connectivity index (χ2n) is 4.77. The normalized spacial score (nSPS) is 16.3. The number of piperazine rings is 1. The second-order valence-corrected chi connectivity index (χ2v) is 4.77. The van der Waals surface area contributed by atoms with Gasteiger partial charge in [0.05, 0.1) is 0 Å². The van der Waals surface area contributed by atoms with E-state index < -0.39 is 0 Å². The Labute approximate surface area is 103 Å². The molecule has 0 aromatic carbocycles. The molecule has 1 aliphatic heterocycles. The van der Waals surface area contributed by atoms with Crippen molar-refractivity contribution in [2.24, 2.45) is 5.92 Å². The Morgan fingerprint density at radius 1 is 1.35 bits per heavy atom. The van der Waals surface area contributed by atoms with E-state index in [2.05, 4.69) is 39.3 Å². The molecule has 0 unspecified atom stereocenters. The molecule has 0 atom stereocenters. The van der Waals surface area contributed by atoms with Crippen LogP contribution in [0.2, 0.25) is 0 Å². The van der Waals surface area contributed by atoms with Crippen LogP contribution in [0.5, 0.6) is 0 Å². The van der Waals surface area contributed by atoms with Crippen LogP contribution in [-0.4, -0.2) is 42.7 Å². The lowest BCUT2D eigenvalue weighted by atomic mass is 10.2. The van der Waals surface area contributed by atoms with E-state index in [0.717, 1.165) is 44.4 Å². The molecule has 5 nitrogen and oxygen atoms in total. The lowest BCUT2D eigenvalue weighted by Gasteiger charge is -2.28. The number of aromatic nitrogens is 2. The summed E-state index contributed by atoms with van der Waals surface area (Å²) in [4.78, 5) is 10.9. The highest BCUT2D eigenvalue weighted by Crippen LogP contribution is 2.14. The summed E-state index contributed by atoms with van der Waals surface area (Å²) in [6.45, 7) is 9.40. The molecular weight excluding hydrogens is 214 g/mol. The summed E-state index contributed by atoms with van der Waals surface area (Å²) in [6.07, 6.45) is 1.64. The number of rotatable bonds is 4. The Balaban J connectivity index is 2.00. The molecule has 1 aliphatic rings. The van der Waals surface area contributed by atoms with Gasteiger partial charge < -0.3 is 15.5 Å². The van der Waals surface area contributed by atoms with E-state index in [-0.39, 0.29) is 0 Å². The van der Waals surface area contributed by atoms with E-state index in [1.54, 1.807) is 6.33 Å². The molecule has 0 spiro atoms. The van der Waals surface area contributed by atoms with Crippen molar-refractivity contribution >= 4 is 11.6 Å². The van der Waals surface area contributed by atoms with Gasteiger partial charge in [0.2, 0.25) is 0 Å². The third-order valence-electron chi connectivity index (χ3n) is 2.79. The van der Waals surface area contributed by atoms with E-state index in [4.69, 9.17) is 0 Å². The molecule has 0 aliphatic carbocycles. The minimum Gasteiger partial charge on any atom is -0.370 e. The van der Waals surface area contributed by atoms with Gasteiger partial charge in [-0.3, -0.25) is 0 Å². The molecule has 1 aromatic heterocycles. The molecule has 5 heteroatoms. The smallest absolute Gasteiger partial charge is 0.134 e. The zero-order chi connectivity index (χ0) is 12.1. The van der Waals surface area contributed by atoms with Crippen molar-refractivity contribution in [2.75, 3.05) is 42.9 Å². The van der Waals surface area contributed by atoms with Crippen molar-refractivity contribution < 1.29 is 0 Å². The third-order valence-corrected chi connectivity index (χ3v) is 2.79. The number of nitrogens with zero attached hydrogens (tertiary/aromatic N) is 3. The molecule has 2 heterocycles. The molecule has 94 valence electrons. The Morgan fingerprint density at radius 3 is 2.82 bits per heavy atom. The molecule has 0 amide bonds. The predicted octanol–water partition coefficient (Wildman–Crippen LogP) is 0.954.